The number of rotatable bonds is 9. The third-order valence-corrected chi connectivity index (χ3v) is 3.91. The Kier molecular flexibility index (Phi) is 8.00. The number of nitrogens with one attached hydrogen (secondary N) is 2. The monoisotopic (exact) mass is 296 g/mol. The normalized spacial score (nSPS) is 15.6. The minimum Gasteiger partial charge on any atom is -0.368 e. The first-order valence-electron chi connectivity index (χ1n) is 8.54. The van der Waals surface area contributed by atoms with Gasteiger partial charge in [0.2, 0.25) is 0 Å². The van der Waals surface area contributed by atoms with E-state index in [-0.39, 0.29) is 0 Å². The Labute approximate surface area is 135 Å². The van der Waals surface area contributed by atoms with Crippen molar-refractivity contribution in [1.82, 2.24) is 10.6 Å². The average molecular weight is 296 g/mol. The molecule has 0 fully saturated rings. The minimum atomic E-state index is 1.20. The Balaban J connectivity index is 1.41. The second-order valence-electron chi connectivity index (χ2n) is 5.77. The summed E-state index contributed by atoms with van der Waals surface area (Å²) < 4.78 is 0. The molecule has 2 N–H and O–H groups in total. The molecule has 2 nitrogen and oxygen atoms in total. The summed E-state index contributed by atoms with van der Waals surface area (Å²) in [6, 6.07) is 0. The number of unbranched alkanes of at least 4 members (excludes halogenated alkanes) is 7. The molecule has 0 unspecified atom stereocenters. The third-order valence-electron chi connectivity index (χ3n) is 3.91. The molecule has 0 spiro atoms. The molecule has 2 heteroatoms. The standard InChI is InChI=1S/C20H28N2/c1(3-5-7-9-19-11-15-21-16-12-19)2-4-6-8-10-20-13-17-22-18-14-20/h9-18,21-22H,1-8H2. The maximum Gasteiger partial charge on any atom is 0.00103 e. The van der Waals surface area contributed by atoms with E-state index in [0.717, 1.165) is 0 Å². The van der Waals surface area contributed by atoms with Crippen LogP contribution in [0, 0.1) is 0 Å². The molecule has 2 heterocycles. The summed E-state index contributed by atoms with van der Waals surface area (Å²) >= 11 is 0. The van der Waals surface area contributed by atoms with Gasteiger partial charge < -0.3 is 10.6 Å². The maximum atomic E-state index is 3.05. The first kappa shape index (κ1) is 16.4. The van der Waals surface area contributed by atoms with E-state index < -0.39 is 0 Å². The van der Waals surface area contributed by atoms with E-state index in [0.29, 0.717) is 0 Å². The van der Waals surface area contributed by atoms with Gasteiger partial charge in [-0.1, -0.05) is 37.8 Å². The zero-order valence-corrected chi connectivity index (χ0v) is 13.4. The predicted octanol–water partition coefficient (Wildman–Crippen LogP) is 5.22. The summed E-state index contributed by atoms with van der Waals surface area (Å²) in [5, 5.41) is 6.11. The first-order chi connectivity index (χ1) is 10.9. The van der Waals surface area contributed by atoms with Crippen LogP contribution in [0.15, 0.2) is 72.4 Å². The summed E-state index contributed by atoms with van der Waals surface area (Å²) in [5.74, 6) is 0. The van der Waals surface area contributed by atoms with Crippen molar-refractivity contribution in [2.75, 3.05) is 0 Å². The van der Waals surface area contributed by atoms with Gasteiger partial charge in [0.15, 0.2) is 0 Å². The Bertz CT molecular complexity index is 416. The van der Waals surface area contributed by atoms with Crippen LogP contribution < -0.4 is 10.6 Å². The topological polar surface area (TPSA) is 24.1 Å². The van der Waals surface area contributed by atoms with Gasteiger partial charge in [0.25, 0.3) is 0 Å². The van der Waals surface area contributed by atoms with Crippen LogP contribution in [0.1, 0.15) is 51.4 Å². The SMILES string of the molecule is C1=CC(=CCCCCCCCCC=C2C=CNC=C2)C=CN1. The molecule has 2 aliphatic heterocycles. The lowest BCUT2D eigenvalue weighted by Gasteiger charge is -2.03. The zero-order chi connectivity index (χ0) is 15.3. The van der Waals surface area contributed by atoms with E-state index in [1.54, 1.807) is 0 Å². The van der Waals surface area contributed by atoms with Gasteiger partial charge in [0.05, 0.1) is 0 Å². The smallest absolute Gasteiger partial charge is 0.00103 e. The molecule has 0 aromatic rings. The van der Waals surface area contributed by atoms with E-state index in [4.69, 9.17) is 0 Å². The summed E-state index contributed by atoms with van der Waals surface area (Å²) in [6.45, 7) is 0. The summed E-state index contributed by atoms with van der Waals surface area (Å²) in [5.41, 5.74) is 2.65. The molecule has 0 radical (unpaired) electrons. The lowest BCUT2D eigenvalue weighted by molar-refractivity contribution is 0.599. The second-order valence-corrected chi connectivity index (χ2v) is 5.77. The highest BCUT2D eigenvalue weighted by atomic mass is 14.8. The summed E-state index contributed by atoms with van der Waals surface area (Å²) in [7, 11) is 0. The molecular weight excluding hydrogens is 268 g/mol. The number of dihydropyridines is 2. The molecule has 0 bridgehead atoms. The summed E-state index contributed by atoms with van der Waals surface area (Å²) in [4.78, 5) is 0. The van der Waals surface area contributed by atoms with E-state index in [1.165, 1.54) is 62.5 Å². The van der Waals surface area contributed by atoms with Crippen LogP contribution in [0.5, 0.6) is 0 Å². The fourth-order valence-corrected chi connectivity index (χ4v) is 2.60. The Morgan fingerprint density at radius 2 is 0.909 bits per heavy atom. The number of hydrogen-bond acceptors (Lipinski definition) is 2. The Hall–Kier alpha value is -1.96. The quantitative estimate of drug-likeness (QED) is 0.570. The van der Waals surface area contributed by atoms with Gasteiger partial charge in [-0.25, -0.2) is 0 Å². The number of allylic oxidation sites excluding steroid dienone is 8. The van der Waals surface area contributed by atoms with Crippen molar-refractivity contribution in [1.29, 1.82) is 0 Å². The maximum absolute atomic E-state index is 3.05. The zero-order valence-electron chi connectivity index (χ0n) is 13.4. The highest BCUT2D eigenvalue weighted by molar-refractivity contribution is 5.33. The molecule has 0 aliphatic carbocycles. The molecule has 2 rings (SSSR count). The third kappa shape index (κ3) is 7.16. The van der Waals surface area contributed by atoms with Crippen molar-refractivity contribution in [3.05, 3.63) is 72.4 Å². The van der Waals surface area contributed by atoms with Crippen molar-refractivity contribution in [3.8, 4) is 0 Å². The van der Waals surface area contributed by atoms with Gasteiger partial charge in [0, 0.05) is 24.8 Å². The Morgan fingerprint density at radius 1 is 0.545 bits per heavy atom. The van der Waals surface area contributed by atoms with Crippen molar-refractivity contribution in [2.45, 2.75) is 51.4 Å². The number of hydrogen-bond donors (Lipinski definition) is 2. The van der Waals surface area contributed by atoms with Crippen molar-refractivity contribution in [2.24, 2.45) is 0 Å². The molecule has 22 heavy (non-hydrogen) atoms. The molecule has 0 saturated heterocycles. The molecule has 0 atom stereocenters. The van der Waals surface area contributed by atoms with Crippen molar-refractivity contribution < 1.29 is 0 Å². The molecule has 0 aromatic carbocycles. The van der Waals surface area contributed by atoms with Gasteiger partial charge in [-0.3, -0.25) is 0 Å². The molecule has 0 amide bonds. The van der Waals surface area contributed by atoms with E-state index in [1.807, 2.05) is 24.8 Å². The van der Waals surface area contributed by atoms with Crippen LogP contribution in [-0.2, 0) is 0 Å². The van der Waals surface area contributed by atoms with E-state index >= 15 is 0 Å². The van der Waals surface area contributed by atoms with Crippen LogP contribution in [0.3, 0.4) is 0 Å². The summed E-state index contributed by atoms with van der Waals surface area (Å²) in [6.07, 6.45) is 31.6. The van der Waals surface area contributed by atoms with Gasteiger partial charge in [-0.2, -0.15) is 0 Å². The Morgan fingerprint density at radius 3 is 1.32 bits per heavy atom. The molecular formula is C20H28N2. The van der Waals surface area contributed by atoms with Gasteiger partial charge in [-0.15, -0.1) is 0 Å². The van der Waals surface area contributed by atoms with Crippen LogP contribution in [0.4, 0.5) is 0 Å². The average Bonchev–Trinajstić information content (AvgIpc) is 2.58. The van der Waals surface area contributed by atoms with Crippen LogP contribution in [-0.4, -0.2) is 0 Å². The van der Waals surface area contributed by atoms with Crippen LogP contribution in [0.25, 0.3) is 0 Å². The van der Waals surface area contributed by atoms with Crippen molar-refractivity contribution >= 4 is 0 Å². The molecule has 2 aliphatic rings. The molecule has 118 valence electrons. The molecule has 0 saturated carbocycles. The van der Waals surface area contributed by atoms with Gasteiger partial charge >= 0.3 is 0 Å². The molecule has 0 aromatic heterocycles. The first-order valence-corrected chi connectivity index (χ1v) is 8.54. The van der Waals surface area contributed by atoms with E-state index in [9.17, 15) is 0 Å². The lowest BCUT2D eigenvalue weighted by atomic mass is 10.1. The fraction of sp³-hybridized carbons (Fsp3) is 0.400. The largest absolute Gasteiger partial charge is 0.368 e. The minimum absolute atomic E-state index is 1.20. The van der Waals surface area contributed by atoms with Crippen LogP contribution in [0.2, 0.25) is 0 Å². The van der Waals surface area contributed by atoms with Gasteiger partial charge in [0.1, 0.15) is 0 Å². The highest BCUT2D eigenvalue weighted by Crippen LogP contribution is 2.12. The van der Waals surface area contributed by atoms with Crippen molar-refractivity contribution in [3.63, 3.8) is 0 Å². The fourth-order valence-electron chi connectivity index (χ4n) is 2.60. The van der Waals surface area contributed by atoms with Crippen LogP contribution >= 0.6 is 0 Å². The van der Waals surface area contributed by atoms with Gasteiger partial charge in [-0.05, 0) is 61.1 Å². The second kappa shape index (κ2) is 10.7. The van der Waals surface area contributed by atoms with E-state index in [2.05, 4.69) is 47.1 Å². The highest BCUT2D eigenvalue weighted by Gasteiger charge is 1.94. The lowest BCUT2D eigenvalue weighted by Crippen LogP contribution is -1.96. The predicted molar refractivity (Wildman–Crippen MR) is 95.9 cm³/mol.